The summed E-state index contributed by atoms with van der Waals surface area (Å²) in [5.41, 5.74) is 3.52. The highest BCUT2D eigenvalue weighted by Gasteiger charge is 2.15. The van der Waals surface area contributed by atoms with Gasteiger partial charge in [-0.1, -0.05) is 6.07 Å². The first-order valence-electron chi connectivity index (χ1n) is 9.05. The number of rotatable bonds is 6. The molecule has 0 atom stereocenters. The summed E-state index contributed by atoms with van der Waals surface area (Å²) in [4.78, 5) is 0. The Morgan fingerprint density at radius 1 is 1.00 bits per heavy atom. The highest BCUT2D eigenvalue weighted by atomic mass is 32.2. The van der Waals surface area contributed by atoms with Crippen molar-refractivity contribution in [2.45, 2.75) is 25.0 Å². The molecule has 0 spiro atoms. The van der Waals surface area contributed by atoms with Crippen molar-refractivity contribution in [3.8, 4) is 17.4 Å². The molecule has 30 heavy (non-hydrogen) atoms. The Kier molecular flexibility index (Phi) is 5.27. The second-order valence-corrected chi connectivity index (χ2v) is 9.46. The zero-order valence-corrected chi connectivity index (χ0v) is 18.2. The van der Waals surface area contributed by atoms with Crippen LogP contribution in [-0.2, 0) is 10.0 Å². The van der Waals surface area contributed by atoms with E-state index < -0.39 is 10.0 Å². The standard InChI is InChI=1S/C20H19N5O3S2/c1-13-14(2)23-25(15(13)3)18-10-11-19(22-21-18)28-17-8-6-16(7-9-17)24-30(26,27)20-5-4-12-29-20/h4-12,24H,1-3H3. The fourth-order valence-corrected chi connectivity index (χ4v) is 4.81. The van der Waals surface area contributed by atoms with Crippen LogP contribution in [0.2, 0.25) is 0 Å². The highest BCUT2D eigenvalue weighted by Crippen LogP contribution is 2.24. The van der Waals surface area contributed by atoms with Gasteiger partial charge in [-0.05, 0) is 68.1 Å². The van der Waals surface area contributed by atoms with E-state index in [2.05, 4.69) is 20.0 Å². The Balaban J connectivity index is 1.45. The molecule has 1 aromatic carbocycles. The van der Waals surface area contributed by atoms with Crippen LogP contribution in [0, 0.1) is 20.8 Å². The number of aromatic nitrogens is 4. The van der Waals surface area contributed by atoms with Crippen molar-refractivity contribution in [3.63, 3.8) is 0 Å². The number of hydrogen-bond acceptors (Lipinski definition) is 7. The number of nitrogens with zero attached hydrogens (tertiary/aromatic N) is 4. The minimum absolute atomic E-state index is 0.260. The lowest BCUT2D eigenvalue weighted by atomic mass is 10.2. The third-order valence-electron chi connectivity index (χ3n) is 4.59. The third-order valence-corrected chi connectivity index (χ3v) is 7.36. The summed E-state index contributed by atoms with van der Waals surface area (Å²) in [7, 11) is -3.58. The molecule has 0 fully saturated rings. The van der Waals surface area contributed by atoms with Crippen molar-refractivity contribution < 1.29 is 13.2 Å². The molecule has 10 heteroatoms. The zero-order valence-electron chi connectivity index (χ0n) is 16.5. The molecule has 0 saturated heterocycles. The second kappa shape index (κ2) is 7.88. The number of anilines is 1. The normalized spacial score (nSPS) is 11.4. The van der Waals surface area contributed by atoms with Gasteiger partial charge in [0.1, 0.15) is 9.96 Å². The van der Waals surface area contributed by atoms with Gasteiger partial charge in [0.2, 0.25) is 5.88 Å². The minimum atomic E-state index is -3.58. The third kappa shape index (κ3) is 4.05. The van der Waals surface area contributed by atoms with Gasteiger partial charge in [-0.15, -0.1) is 21.5 Å². The zero-order chi connectivity index (χ0) is 21.3. The number of hydrogen-bond donors (Lipinski definition) is 1. The smallest absolute Gasteiger partial charge is 0.271 e. The fraction of sp³-hybridized carbons (Fsp3) is 0.150. The first-order chi connectivity index (χ1) is 14.3. The quantitative estimate of drug-likeness (QED) is 0.480. The molecule has 0 saturated carbocycles. The summed E-state index contributed by atoms with van der Waals surface area (Å²) in [6.45, 7) is 5.95. The Morgan fingerprint density at radius 2 is 1.77 bits per heavy atom. The fourth-order valence-electron chi connectivity index (χ4n) is 2.76. The number of benzene rings is 1. The summed E-state index contributed by atoms with van der Waals surface area (Å²) >= 11 is 1.16. The summed E-state index contributed by atoms with van der Waals surface area (Å²) in [5.74, 6) is 1.44. The van der Waals surface area contributed by atoms with Gasteiger partial charge in [-0.3, -0.25) is 4.72 Å². The van der Waals surface area contributed by atoms with E-state index in [1.54, 1.807) is 58.6 Å². The maximum Gasteiger partial charge on any atom is 0.271 e. The van der Waals surface area contributed by atoms with Gasteiger partial charge in [0.15, 0.2) is 5.82 Å². The van der Waals surface area contributed by atoms with E-state index in [0.717, 1.165) is 28.3 Å². The van der Waals surface area contributed by atoms with Crippen molar-refractivity contribution in [1.29, 1.82) is 0 Å². The number of ether oxygens (including phenoxy) is 1. The van der Waals surface area contributed by atoms with E-state index in [0.29, 0.717) is 23.1 Å². The predicted octanol–water partition coefficient (Wildman–Crippen LogP) is 4.24. The van der Waals surface area contributed by atoms with E-state index >= 15 is 0 Å². The lowest BCUT2D eigenvalue weighted by Gasteiger charge is -2.08. The molecule has 0 aliphatic carbocycles. The van der Waals surface area contributed by atoms with E-state index in [4.69, 9.17) is 4.74 Å². The monoisotopic (exact) mass is 441 g/mol. The van der Waals surface area contributed by atoms with Crippen LogP contribution in [0.3, 0.4) is 0 Å². The van der Waals surface area contributed by atoms with E-state index in [1.165, 1.54) is 0 Å². The second-order valence-electron chi connectivity index (χ2n) is 6.60. The van der Waals surface area contributed by atoms with Crippen LogP contribution in [0.25, 0.3) is 5.82 Å². The van der Waals surface area contributed by atoms with Gasteiger partial charge in [0.25, 0.3) is 10.0 Å². The van der Waals surface area contributed by atoms with Crippen molar-refractivity contribution in [3.05, 3.63) is 70.9 Å². The van der Waals surface area contributed by atoms with Gasteiger partial charge in [-0.25, -0.2) is 13.1 Å². The largest absolute Gasteiger partial charge is 0.438 e. The van der Waals surface area contributed by atoms with Crippen LogP contribution in [0.4, 0.5) is 5.69 Å². The molecular formula is C20H19N5O3S2. The molecule has 8 nitrogen and oxygen atoms in total. The number of thiophene rings is 1. The summed E-state index contributed by atoms with van der Waals surface area (Å²) in [6, 6.07) is 13.3. The van der Waals surface area contributed by atoms with Crippen LogP contribution < -0.4 is 9.46 Å². The van der Waals surface area contributed by atoms with Crippen molar-refractivity contribution in [2.75, 3.05) is 4.72 Å². The molecule has 0 radical (unpaired) electrons. The van der Waals surface area contributed by atoms with Gasteiger partial charge in [0.05, 0.1) is 5.69 Å². The van der Waals surface area contributed by atoms with Crippen LogP contribution in [0.5, 0.6) is 11.6 Å². The van der Waals surface area contributed by atoms with Crippen LogP contribution >= 0.6 is 11.3 Å². The average Bonchev–Trinajstić information content (AvgIpc) is 3.36. The maximum absolute atomic E-state index is 12.3. The Bertz CT molecular complexity index is 1260. The van der Waals surface area contributed by atoms with Gasteiger partial charge in [-0.2, -0.15) is 5.10 Å². The summed E-state index contributed by atoms with van der Waals surface area (Å²) < 4.78 is 34.8. The Hall–Kier alpha value is -3.24. The van der Waals surface area contributed by atoms with E-state index in [9.17, 15) is 8.42 Å². The molecule has 1 N–H and O–H groups in total. The molecule has 154 valence electrons. The first kappa shape index (κ1) is 20.0. The molecule has 0 aliphatic heterocycles. The summed E-state index contributed by atoms with van der Waals surface area (Å²) in [6.07, 6.45) is 0. The van der Waals surface area contributed by atoms with Gasteiger partial charge >= 0.3 is 0 Å². The topological polar surface area (TPSA) is 99.0 Å². The minimum Gasteiger partial charge on any atom is -0.438 e. The van der Waals surface area contributed by atoms with Crippen molar-refractivity contribution in [2.24, 2.45) is 0 Å². The summed E-state index contributed by atoms with van der Waals surface area (Å²) in [5, 5.41) is 14.5. The van der Waals surface area contributed by atoms with Crippen molar-refractivity contribution in [1.82, 2.24) is 20.0 Å². The van der Waals surface area contributed by atoms with Crippen LogP contribution in [-0.4, -0.2) is 28.4 Å². The number of sulfonamides is 1. The van der Waals surface area contributed by atoms with E-state index in [1.807, 2.05) is 20.8 Å². The highest BCUT2D eigenvalue weighted by molar-refractivity contribution is 7.94. The molecule has 0 bridgehead atoms. The average molecular weight is 442 g/mol. The van der Waals surface area contributed by atoms with E-state index in [-0.39, 0.29) is 4.21 Å². The number of aryl methyl sites for hydroxylation is 1. The molecule has 0 amide bonds. The number of nitrogens with one attached hydrogen (secondary N) is 1. The Labute approximate surface area is 178 Å². The predicted molar refractivity (Wildman–Crippen MR) is 115 cm³/mol. The van der Waals surface area contributed by atoms with Crippen LogP contribution in [0.15, 0.2) is 58.1 Å². The van der Waals surface area contributed by atoms with Crippen molar-refractivity contribution >= 4 is 27.0 Å². The SMILES string of the molecule is Cc1nn(-c2ccc(Oc3ccc(NS(=O)(=O)c4cccs4)cc3)nn2)c(C)c1C. The lowest BCUT2D eigenvalue weighted by Crippen LogP contribution is -2.11. The molecule has 3 aromatic heterocycles. The molecule has 3 heterocycles. The molecule has 0 unspecified atom stereocenters. The van der Waals surface area contributed by atoms with Crippen LogP contribution in [0.1, 0.15) is 17.0 Å². The van der Waals surface area contributed by atoms with Gasteiger partial charge < -0.3 is 4.74 Å². The molecule has 0 aliphatic rings. The van der Waals surface area contributed by atoms with Gasteiger partial charge in [0, 0.05) is 17.4 Å². The molecular weight excluding hydrogens is 422 g/mol. The first-order valence-corrected chi connectivity index (χ1v) is 11.4. The lowest BCUT2D eigenvalue weighted by molar-refractivity contribution is 0.454. The maximum atomic E-state index is 12.3. The Morgan fingerprint density at radius 3 is 2.33 bits per heavy atom. The molecule has 4 rings (SSSR count). The molecule has 4 aromatic rings.